The Morgan fingerprint density at radius 3 is 2.61 bits per heavy atom. The highest BCUT2D eigenvalue weighted by Crippen LogP contribution is 2.30. The van der Waals surface area contributed by atoms with Crippen LogP contribution in [0.25, 0.3) is 0 Å². The topological polar surface area (TPSA) is 115 Å². The molecule has 2 N–H and O–H groups in total. The number of halogens is 2. The molecule has 2 amide bonds. The van der Waals surface area contributed by atoms with Gasteiger partial charge in [-0.1, -0.05) is 58.8 Å². The van der Waals surface area contributed by atoms with E-state index in [1.54, 1.807) is 60.7 Å². The number of aromatic nitrogens is 2. The van der Waals surface area contributed by atoms with Gasteiger partial charge in [-0.15, -0.1) is 10.2 Å². The fraction of sp³-hybridized carbons (Fsp3) is 0.115. The number of benzene rings is 3. The quantitative estimate of drug-likeness (QED) is 0.196. The predicted molar refractivity (Wildman–Crippen MR) is 148 cm³/mol. The van der Waals surface area contributed by atoms with E-state index in [1.807, 2.05) is 6.07 Å². The number of amides is 2. The second kappa shape index (κ2) is 13.0. The normalized spacial score (nSPS) is 10.8. The van der Waals surface area contributed by atoms with E-state index in [0.717, 1.165) is 16.9 Å². The van der Waals surface area contributed by atoms with Gasteiger partial charge in [-0.25, -0.2) is 5.43 Å². The van der Waals surface area contributed by atoms with Gasteiger partial charge in [0.2, 0.25) is 11.0 Å². The molecule has 0 unspecified atom stereocenters. The fourth-order valence-corrected chi connectivity index (χ4v) is 4.36. The first-order chi connectivity index (χ1) is 18.4. The molecule has 1 aromatic heterocycles. The minimum Gasteiger partial charge on any atom is -0.493 e. The number of ether oxygens (including phenoxy) is 2. The molecule has 194 valence electrons. The third kappa shape index (κ3) is 7.51. The second-order valence-corrected chi connectivity index (χ2v) is 9.63. The summed E-state index contributed by atoms with van der Waals surface area (Å²) in [7, 11) is 1.53. The summed E-state index contributed by atoms with van der Waals surface area (Å²) in [6.07, 6.45) is 1.44. The van der Waals surface area contributed by atoms with E-state index >= 15 is 0 Å². The molecule has 4 rings (SSSR count). The molecule has 0 radical (unpaired) electrons. The third-order valence-electron chi connectivity index (χ3n) is 5.02. The first-order valence-corrected chi connectivity index (χ1v) is 12.7. The first-order valence-electron chi connectivity index (χ1n) is 11.2. The molecular formula is C26H21Cl2N5O4S. The highest BCUT2D eigenvalue weighted by atomic mass is 35.5. The maximum atomic E-state index is 12.3. The van der Waals surface area contributed by atoms with Gasteiger partial charge in [-0.3, -0.25) is 14.9 Å². The van der Waals surface area contributed by atoms with E-state index in [1.165, 1.54) is 13.3 Å². The second-order valence-electron chi connectivity index (χ2n) is 7.73. The van der Waals surface area contributed by atoms with Crippen molar-refractivity contribution in [2.24, 2.45) is 5.10 Å². The van der Waals surface area contributed by atoms with Crippen LogP contribution < -0.4 is 20.2 Å². The molecule has 0 aliphatic carbocycles. The van der Waals surface area contributed by atoms with E-state index in [0.29, 0.717) is 42.8 Å². The van der Waals surface area contributed by atoms with Crippen LogP contribution in [-0.2, 0) is 17.8 Å². The van der Waals surface area contributed by atoms with Crippen LogP contribution >= 0.6 is 34.5 Å². The molecule has 12 heteroatoms. The Hall–Kier alpha value is -3.99. The number of carbonyl (C=O) groups excluding carboxylic acids is 2. The number of nitrogens with one attached hydrogen (secondary N) is 2. The number of anilines is 1. The largest absolute Gasteiger partial charge is 0.493 e. The minimum absolute atomic E-state index is 0.0421. The molecule has 0 bridgehead atoms. The van der Waals surface area contributed by atoms with Gasteiger partial charge in [-0.05, 0) is 48.0 Å². The van der Waals surface area contributed by atoms with Crippen LogP contribution in [0.1, 0.15) is 26.5 Å². The van der Waals surface area contributed by atoms with Crippen molar-refractivity contribution < 1.29 is 19.1 Å². The van der Waals surface area contributed by atoms with Gasteiger partial charge in [0.1, 0.15) is 11.6 Å². The molecule has 4 aromatic rings. The summed E-state index contributed by atoms with van der Waals surface area (Å²) in [6.45, 7) is 0.235. The number of methoxy groups -OCH3 is 1. The Labute approximate surface area is 232 Å². The zero-order valence-corrected chi connectivity index (χ0v) is 22.3. The number of hydrazone groups is 1. The highest BCUT2D eigenvalue weighted by molar-refractivity contribution is 7.15. The zero-order chi connectivity index (χ0) is 26.9. The molecule has 0 saturated carbocycles. The molecule has 0 aliphatic rings. The lowest BCUT2D eigenvalue weighted by molar-refractivity contribution is -0.120. The summed E-state index contributed by atoms with van der Waals surface area (Å²) in [6, 6.07) is 19.2. The number of carbonyl (C=O) groups is 2. The maximum absolute atomic E-state index is 12.3. The molecule has 0 atom stereocenters. The lowest BCUT2D eigenvalue weighted by Crippen LogP contribution is -2.19. The van der Waals surface area contributed by atoms with Crippen molar-refractivity contribution >= 4 is 57.7 Å². The predicted octanol–water partition coefficient (Wildman–Crippen LogP) is 5.38. The summed E-state index contributed by atoms with van der Waals surface area (Å²) in [5, 5.41) is 16.3. The van der Waals surface area contributed by atoms with Crippen LogP contribution in [0.4, 0.5) is 5.13 Å². The van der Waals surface area contributed by atoms with Crippen LogP contribution in [0.3, 0.4) is 0 Å². The van der Waals surface area contributed by atoms with Gasteiger partial charge >= 0.3 is 0 Å². The van der Waals surface area contributed by atoms with Gasteiger partial charge in [0, 0.05) is 21.2 Å². The molecule has 0 spiro atoms. The molecule has 9 nitrogen and oxygen atoms in total. The van der Waals surface area contributed by atoms with Crippen LogP contribution in [0.2, 0.25) is 10.0 Å². The first kappa shape index (κ1) is 27.1. The molecule has 1 heterocycles. The lowest BCUT2D eigenvalue weighted by Gasteiger charge is -2.12. The summed E-state index contributed by atoms with van der Waals surface area (Å²) in [5.74, 6) is 0.323. The molecule has 3 aromatic carbocycles. The minimum atomic E-state index is -0.384. The standard InChI is InChI=1S/C26H21Cl2N5O4S/c1-36-22-11-16(7-10-21(22)37-15-18-8-9-19(27)12-20(18)28)14-29-31-23(34)13-24-32-33-26(38-24)30-25(35)17-5-3-2-4-6-17/h2-12,14H,13,15H2,1H3,(H,31,34)(H,30,33,35)/b29-14-. The number of rotatable bonds is 10. The summed E-state index contributed by atoms with van der Waals surface area (Å²) >= 11 is 13.2. The molecule has 0 fully saturated rings. The van der Waals surface area contributed by atoms with Crippen molar-refractivity contribution in [3.8, 4) is 11.5 Å². The third-order valence-corrected chi connectivity index (χ3v) is 6.45. The molecule has 0 saturated heterocycles. The zero-order valence-electron chi connectivity index (χ0n) is 20.0. The molecule has 0 aliphatic heterocycles. The van der Waals surface area contributed by atoms with Crippen LogP contribution in [0.15, 0.2) is 71.8 Å². The van der Waals surface area contributed by atoms with Gasteiger partial charge in [0.05, 0.1) is 19.7 Å². The van der Waals surface area contributed by atoms with E-state index in [9.17, 15) is 9.59 Å². The highest BCUT2D eigenvalue weighted by Gasteiger charge is 2.12. The summed E-state index contributed by atoms with van der Waals surface area (Å²) in [4.78, 5) is 24.5. The van der Waals surface area contributed by atoms with Gasteiger partial charge in [-0.2, -0.15) is 5.10 Å². The average molecular weight is 570 g/mol. The molecular weight excluding hydrogens is 549 g/mol. The van der Waals surface area contributed by atoms with E-state index in [4.69, 9.17) is 32.7 Å². The average Bonchev–Trinajstić information content (AvgIpc) is 3.35. The lowest BCUT2D eigenvalue weighted by atomic mass is 10.2. The van der Waals surface area contributed by atoms with Crippen molar-refractivity contribution in [1.82, 2.24) is 15.6 Å². The van der Waals surface area contributed by atoms with Crippen molar-refractivity contribution in [3.05, 3.63) is 98.5 Å². The Morgan fingerprint density at radius 2 is 1.84 bits per heavy atom. The fourth-order valence-electron chi connectivity index (χ4n) is 3.17. The van der Waals surface area contributed by atoms with Gasteiger partial charge in [0.25, 0.3) is 5.91 Å². The maximum Gasteiger partial charge on any atom is 0.257 e. The van der Waals surface area contributed by atoms with Crippen molar-refractivity contribution in [1.29, 1.82) is 0 Å². The van der Waals surface area contributed by atoms with E-state index in [-0.39, 0.29) is 24.8 Å². The smallest absolute Gasteiger partial charge is 0.257 e. The van der Waals surface area contributed by atoms with Crippen LogP contribution in [0, 0.1) is 0 Å². The SMILES string of the molecule is COc1cc(/C=N\NC(=O)Cc2nnc(NC(=O)c3ccccc3)s2)ccc1OCc1ccc(Cl)cc1Cl. The Kier molecular flexibility index (Phi) is 9.26. The number of nitrogens with zero attached hydrogens (tertiary/aromatic N) is 3. The monoisotopic (exact) mass is 569 g/mol. The molecule has 38 heavy (non-hydrogen) atoms. The van der Waals surface area contributed by atoms with Gasteiger partial charge < -0.3 is 9.47 Å². The van der Waals surface area contributed by atoms with Crippen LogP contribution in [0.5, 0.6) is 11.5 Å². The van der Waals surface area contributed by atoms with E-state index < -0.39 is 0 Å². The summed E-state index contributed by atoms with van der Waals surface area (Å²) < 4.78 is 11.3. The van der Waals surface area contributed by atoms with Crippen molar-refractivity contribution in [2.45, 2.75) is 13.0 Å². The Bertz CT molecular complexity index is 1460. The van der Waals surface area contributed by atoms with Crippen LogP contribution in [-0.4, -0.2) is 35.3 Å². The summed E-state index contributed by atoms with van der Waals surface area (Å²) in [5.41, 5.74) is 4.41. The number of hydrogen-bond acceptors (Lipinski definition) is 8. The Morgan fingerprint density at radius 1 is 1.03 bits per heavy atom. The van der Waals surface area contributed by atoms with E-state index in [2.05, 4.69) is 26.0 Å². The Balaban J connectivity index is 1.28. The van der Waals surface area contributed by atoms with Crippen molar-refractivity contribution in [3.63, 3.8) is 0 Å². The van der Waals surface area contributed by atoms with Crippen molar-refractivity contribution in [2.75, 3.05) is 12.4 Å². The number of hydrogen-bond donors (Lipinski definition) is 2. The van der Waals surface area contributed by atoms with Gasteiger partial charge in [0.15, 0.2) is 11.5 Å².